The number of H-pyrrole nitrogens is 1. The largest absolute Gasteiger partial charge is 0.410 e. The molecular formula is C4H3Cl2N3O. The number of hydrogen-bond acceptors (Lipinski definition) is 3. The topological polar surface area (TPSA) is 61.3 Å². The third-order valence-corrected chi connectivity index (χ3v) is 1.42. The number of aromatic nitrogens is 2. The van der Waals surface area contributed by atoms with Gasteiger partial charge in [-0.3, -0.25) is 5.10 Å². The van der Waals surface area contributed by atoms with E-state index in [9.17, 15) is 0 Å². The average Bonchev–Trinajstić information content (AvgIpc) is 2.34. The van der Waals surface area contributed by atoms with Gasteiger partial charge in [0.25, 0.3) is 0 Å². The normalized spacial score (nSPS) is 12.0. The van der Waals surface area contributed by atoms with Crippen molar-refractivity contribution in [1.82, 2.24) is 10.2 Å². The number of halogens is 2. The lowest BCUT2D eigenvalue weighted by Crippen LogP contribution is -1.91. The molecule has 0 aliphatic carbocycles. The molecule has 6 heteroatoms. The molecule has 2 N–H and O–H groups in total. The van der Waals surface area contributed by atoms with E-state index in [2.05, 4.69) is 15.4 Å². The zero-order valence-corrected chi connectivity index (χ0v) is 6.19. The summed E-state index contributed by atoms with van der Waals surface area (Å²) in [6, 6.07) is 0. The number of oxime groups is 1. The van der Waals surface area contributed by atoms with Gasteiger partial charge in [-0.1, -0.05) is 28.4 Å². The fourth-order valence-electron chi connectivity index (χ4n) is 0.467. The molecular weight excluding hydrogens is 177 g/mol. The third kappa shape index (κ3) is 1.22. The van der Waals surface area contributed by atoms with E-state index in [4.69, 9.17) is 28.4 Å². The molecule has 0 atom stereocenters. The summed E-state index contributed by atoms with van der Waals surface area (Å²) in [6.45, 7) is 0. The van der Waals surface area contributed by atoms with Crippen LogP contribution in [-0.2, 0) is 0 Å². The first-order chi connectivity index (χ1) is 4.75. The zero-order chi connectivity index (χ0) is 7.56. The molecule has 0 amide bonds. The Morgan fingerprint density at radius 3 is 2.90 bits per heavy atom. The van der Waals surface area contributed by atoms with E-state index in [1.807, 2.05) is 0 Å². The molecule has 10 heavy (non-hydrogen) atoms. The summed E-state index contributed by atoms with van der Waals surface area (Å²) in [4.78, 5) is 0. The van der Waals surface area contributed by atoms with Crippen LogP contribution in [0.1, 0.15) is 5.69 Å². The minimum atomic E-state index is -0.133. The quantitative estimate of drug-likeness (QED) is 0.390. The first-order valence-electron chi connectivity index (χ1n) is 2.33. The highest BCUT2D eigenvalue weighted by molar-refractivity contribution is 6.70. The smallest absolute Gasteiger partial charge is 0.197 e. The molecule has 0 spiro atoms. The Morgan fingerprint density at radius 2 is 2.50 bits per heavy atom. The van der Waals surface area contributed by atoms with Crippen molar-refractivity contribution in [2.75, 3.05) is 0 Å². The van der Waals surface area contributed by atoms with Gasteiger partial charge in [0, 0.05) is 6.20 Å². The van der Waals surface area contributed by atoms with Crippen LogP contribution in [-0.4, -0.2) is 20.6 Å². The van der Waals surface area contributed by atoms with Gasteiger partial charge in [-0.2, -0.15) is 5.10 Å². The number of nitrogens with one attached hydrogen (secondary N) is 1. The Morgan fingerprint density at radius 1 is 1.80 bits per heavy atom. The Hall–Kier alpha value is -0.740. The van der Waals surface area contributed by atoms with Crippen molar-refractivity contribution < 1.29 is 5.21 Å². The molecule has 0 aliphatic heterocycles. The standard InChI is InChI=1S/C4H3Cl2N3O/c5-2-1-7-8-3(2)4(6)9-10/h1,10H,(H,7,8)/b9-4-. The molecule has 0 unspecified atom stereocenters. The summed E-state index contributed by atoms with van der Waals surface area (Å²) in [7, 11) is 0. The molecule has 1 aromatic heterocycles. The number of hydrogen-bond donors (Lipinski definition) is 2. The van der Waals surface area contributed by atoms with Gasteiger partial charge in [-0.15, -0.1) is 0 Å². The molecule has 1 rings (SSSR count). The molecule has 4 nitrogen and oxygen atoms in total. The van der Waals surface area contributed by atoms with Crippen molar-refractivity contribution in [3.8, 4) is 0 Å². The van der Waals surface area contributed by atoms with E-state index < -0.39 is 0 Å². The Bertz CT molecular complexity index is 257. The Kier molecular flexibility index (Phi) is 2.13. The van der Waals surface area contributed by atoms with Crippen LogP contribution in [0.3, 0.4) is 0 Å². The molecule has 0 aromatic carbocycles. The molecule has 0 aliphatic rings. The SMILES string of the molecule is O/N=C(\Cl)c1n[nH]cc1Cl. The Labute approximate surface area is 66.4 Å². The number of nitrogens with zero attached hydrogens (tertiary/aromatic N) is 2. The van der Waals surface area contributed by atoms with E-state index in [-0.39, 0.29) is 10.9 Å². The molecule has 0 saturated heterocycles. The van der Waals surface area contributed by atoms with Gasteiger partial charge in [0.05, 0.1) is 5.02 Å². The van der Waals surface area contributed by atoms with E-state index >= 15 is 0 Å². The van der Waals surface area contributed by atoms with Crippen LogP contribution in [0.15, 0.2) is 11.4 Å². The maximum Gasteiger partial charge on any atom is 0.197 e. The van der Waals surface area contributed by atoms with Gasteiger partial charge >= 0.3 is 0 Å². The molecule has 1 heterocycles. The minimum absolute atomic E-state index is 0.133. The fraction of sp³-hybridized carbons (Fsp3) is 0. The van der Waals surface area contributed by atoms with Crippen molar-refractivity contribution in [2.24, 2.45) is 5.16 Å². The fourth-order valence-corrected chi connectivity index (χ4v) is 0.840. The van der Waals surface area contributed by atoms with Crippen LogP contribution >= 0.6 is 23.2 Å². The third-order valence-electron chi connectivity index (χ3n) is 0.877. The molecule has 54 valence electrons. The van der Waals surface area contributed by atoms with Gasteiger partial charge in [-0.05, 0) is 0 Å². The second kappa shape index (κ2) is 2.90. The zero-order valence-electron chi connectivity index (χ0n) is 4.67. The van der Waals surface area contributed by atoms with Crippen molar-refractivity contribution in [2.45, 2.75) is 0 Å². The minimum Gasteiger partial charge on any atom is -0.410 e. The first-order valence-corrected chi connectivity index (χ1v) is 3.08. The van der Waals surface area contributed by atoms with Gasteiger partial charge < -0.3 is 5.21 Å². The predicted molar refractivity (Wildman–Crippen MR) is 37.8 cm³/mol. The average molecular weight is 180 g/mol. The highest BCUT2D eigenvalue weighted by atomic mass is 35.5. The lowest BCUT2D eigenvalue weighted by atomic mass is 10.5. The van der Waals surface area contributed by atoms with E-state index in [0.29, 0.717) is 5.02 Å². The summed E-state index contributed by atoms with van der Waals surface area (Å²) in [5, 5.41) is 17.1. The monoisotopic (exact) mass is 179 g/mol. The van der Waals surface area contributed by atoms with Crippen molar-refractivity contribution in [1.29, 1.82) is 0 Å². The van der Waals surface area contributed by atoms with E-state index in [1.165, 1.54) is 6.20 Å². The second-order valence-corrected chi connectivity index (χ2v) is 2.24. The number of aromatic amines is 1. The molecule has 1 aromatic rings. The maximum absolute atomic E-state index is 8.17. The van der Waals surface area contributed by atoms with Gasteiger partial charge in [0.1, 0.15) is 5.69 Å². The Balaban J connectivity index is 3.05. The second-order valence-electron chi connectivity index (χ2n) is 1.47. The van der Waals surface area contributed by atoms with E-state index in [0.717, 1.165) is 0 Å². The molecule has 0 fully saturated rings. The maximum atomic E-state index is 8.17. The highest BCUT2D eigenvalue weighted by Crippen LogP contribution is 2.13. The highest BCUT2D eigenvalue weighted by Gasteiger charge is 2.07. The summed E-state index contributed by atoms with van der Waals surface area (Å²) in [6.07, 6.45) is 1.43. The predicted octanol–water partition coefficient (Wildman–Crippen LogP) is 1.44. The van der Waals surface area contributed by atoms with Gasteiger partial charge in [-0.25, -0.2) is 0 Å². The van der Waals surface area contributed by atoms with Crippen LogP contribution in [0, 0.1) is 0 Å². The lowest BCUT2D eigenvalue weighted by molar-refractivity contribution is 0.320. The summed E-state index contributed by atoms with van der Waals surface area (Å²) < 4.78 is 0. The van der Waals surface area contributed by atoms with Gasteiger partial charge in [0.2, 0.25) is 0 Å². The van der Waals surface area contributed by atoms with Crippen LogP contribution in [0.5, 0.6) is 0 Å². The van der Waals surface area contributed by atoms with Crippen LogP contribution in [0.2, 0.25) is 5.02 Å². The summed E-state index contributed by atoms with van der Waals surface area (Å²) in [5.74, 6) is 0. The van der Waals surface area contributed by atoms with Crippen molar-refractivity contribution >= 4 is 28.4 Å². The first kappa shape index (κ1) is 7.37. The molecule has 0 radical (unpaired) electrons. The van der Waals surface area contributed by atoms with Crippen molar-refractivity contribution in [3.05, 3.63) is 16.9 Å². The van der Waals surface area contributed by atoms with Crippen LogP contribution < -0.4 is 0 Å². The van der Waals surface area contributed by atoms with Crippen molar-refractivity contribution in [3.63, 3.8) is 0 Å². The lowest BCUT2D eigenvalue weighted by Gasteiger charge is -1.86. The van der Waals surface area contributed by atoms with Gasteiger partial charge in [0.15, 0.2) is 5.17 Å². The summed E-state index contributed by atoms with van der Waals surface area (Å²) >= 11 is 10.9. The van der Waals surface area contributed by atoms with Crippen LogP contribution in [0.4, 0.5) is 0 Å². The summed E-state index contributed by atoms with van der Waals surface area (Å²) in [5.41, 5.74) is 0.242. The molecule has 0 bridgehead atoms. The number of rotatable bonds is 1. The van der Waals surface area contributed by atoms with E-state index in [1.54, 1.807) is 0 Å². The molecule has 0 saturated carbocycles. The van der Waals surface area contributed by atoms with Crippen LogP contribution in [0.25, 0.3) is 0 Å².